The number of rotatable bonds is 9. The summed E-state index contributed by atoms with van der Waals surface area (Å²) in [6.07, 6.45) is 2.47. The van der Waals surface area contributed by atoms with E-state index in [-0.39, 0.29) is 0 Å². The largest absolute Gasteiger partial charge is 0.492 e. The molecule has 0 saturated heterocycles. The number of benzene rings is 1. The molecule has 4 heteroatoms. The van der Waals surface area contributed by atoms with Gasteiger partial charge in [-0.15, -0.1) is 0 Å². The minimum atomic E-state index is 0.406. The molecule has 2 N–H and O–H groups in total. The van der Waals surface area contributed by atoms with Crippen LogP contribution in [0.5, 0.6) is 5.75 Å². The van der Waals surface area contributed by atoms with E-state index < -0.39 is 0 Å². The summed E-state index contributed by atoms with van der Waals surface area (Å²) in [6.45, 7) is 8.25. The van der Waals surface area contributed by atoms with Gasteiger partial charge in [-0.1, -0.05) is 44.6 Å². The highest BCUT2D eigenvalue weighted by molar-refractivity contribution is 7.80. The lowest BCUT2D eigenvalue weighted by molar-refractivity contribution is 0.213. The zero-order chi connectivity index (χ0) is 14.1. The van der Waals surface area contributed by atoms with Crippen LogP contribution >= 0.6 is 12.2 Å². The smallest absolute Gasteiger partial charge is 0.120 e. The van der Waals surface area contributed by atoms with Crippen molar-refractivity contribution in [2.24, 2.45) is 5.73 Å². The molecule has 0 aliphatic carbocycles. The molecule has 0 heterocycles. The van der Waals surface area contributed by atoms with Gasteiger partial charge >= 0.3 is 0 Å². The Morgan fingerprint density at radius 1 is 1.32 bits per heavy atom. The second-order valence-electron chi connectivity index (χ2n) is 4.53. The van der Waals surface area contributed by atoms with Crippen molar-refractivity contribution >= 4 is 17.2 Å². The maximum Gasteiger partial charge on any atom is 0.120 e. The van der Waals surface area contributed by atoms with Crippen molar-refractivity contribution in [1.82, 2.24) is 4.90 Å². The van der Waals surface area contributed by atoms with E-state index in [1.807, 2.05) is 24.3 Å². The number of ether oxygens (including phenoxy) is 1. The fraction of sp³-hybridized carbons (Fsp3) is 0.533. The van der Waals surface area contributed by atoms with Crippen LogP contribution in [0.3, 0.4) is 0 Å². The molecule has 1 rings (SSSR count). The van der Waals surface area contributed by atoms with E-state index in [9.17, 15) is 0 Å². The first-order valence-electron chi connectivity index (χ1n) is 6.92. The van der Waals surface area contributed by atoms with Crippen molar-refractivity contribution in [2.45, 2.75) is 26.7 Å². The minimum absolute atomic E-state index is 0.406. The zero-order valence-electron chi connectivity index (χ0n) is 11.9. The average Bonchev–Trinajstić information content (AvgIpc) is 2.43. The van der Waals surface area contributed by atoms with Crippen molar-refractivity contribution < 1.29 is 4.74 Å². The van der Waals surface area contributed by atoms with Gasteiger partial charge in [-0.2, -0.15) is 0 Å². The predicted octanol–water partition coefficient (Wildman–Crippen LogP) is 2.82. The number of hydrogen-bond acceptors (Lipinski definition) is 3. The monoisotopic (exact) mass is 280 g/mol. The number of unbranched alkanes of at least 4 members (excludes halogenated alkanes) is 1. The molecular weight excluding hydrogens is 256 g/mol. The maximum atomic E-state index is 5.75. The lowest BCUT2D eigenvalue weighted by atomic mass is 10.2. The number of likely N-dealkylation sites (N-methyl/N-ethyl adjacent to an activating group) is 1. The van der Waals surface area contributed by atoms with Crippen LogP contribution in [-0.2, 0) is 0 Å². The van der Waals surface area contributed by atoms with Gasteiger partial charge in [0.05, 0.1) is 0 Å². The van der Waals surface area contributed by atoms with Crippen LogP contribution in [0.25, 0.3) is 0 Å². The van der Waals surface area contributed by atoms with E-state index in [4.69, 9.17) is 22.7 Å². The van der Waals surface area contributed by atoms with Crippen LogP contribution in [0.2, 0.25) is 0 Å². The van der Waals surface area contributed by atoms with Gasteiger partial charge in [-0.3, -0.25) is 0 Å². The molecule has 0 amide bonds. The molecule has 0 saturated carbocycles. The highest BCUT2D eigenvalue weighted by Gasteiger charge is 2.03. The van der Waals surface area contributed by atoms with Gasteiger partial charge in [0.15, 0.2) is 0 Å². The predicted molar refractivity (Wildman–Crippen MR) is 84.8 cm³/mol. The molecule has 1 aromatic carbocycles. The third-order valence-corrected chi connectivity index (χ3v) is 3.31. The fourth-order valence-electron chi connectivity index (χ4n) is 1.84. The van der Waals surface area contributed by atoms with Crippen molar-refractivity contribution in [1.29, 1.82) is 0 Å². The first-order chi connectivity index (χ1) is 9.17. The van der Waals surface area contributed by atoms with Gasteiger partial charge in [0.25, 0.3) is 0 Å². The molecule has 0 radical (unpaired) electrons. The quantitative estimate of drug-likeness (QED) is 0.706. The highest BCUT2D eigenvalue weighted by atomic mass is 32.1. The number of thiocarbonyl (C=S) groups is 1. The Balaban J connectivity index is 2.39. The molecule has 19 heavy (non-hydrogen) atoms. The Kier molecular flexibility index (Phi) is 7.45. The first-order valence-corrected chi connectivity index (χ1v) is 7.33. The highest BCUT2D eigenvalue weighted by Crippen LogP contribution is 2.13. The third-order valence-electron chi connectivity index (χ3n) is 3.07. The Morgan fingerprint density at radius 2 is 2.11 bits per heavy atom. The van der Waals surface area contributed by atoms with Crippen LogP contribution in [-0.4, -0.2) is 36.1 Å². The summed E-state index contributed by atoms with van der Waals surface area (Å²) in [7, 11) is 0. The minimum Gasteiger partial charge on any atom is -0.492 e. The molecule has 0 spiro atoms. The van der Waals surface area contributed by atoms with Crippen molar-refractivity contribution in [3.05, 3.63) is 29.8 Å². The van der Waals surface area contributed by atoms with Gasteiger partial charge in [0, 0.05) is 12.1 Å². The molecular formula is C15H24N2OS. The van der Waals surface area contributed by atoms with Gasteiger partial charge < -0.3 is 15.4 Å². The van der Waals surface area contributed by atoms with Gasteiger partial charge in [-0.25, -0.2) is 0 Å². The lowest BCUT2D eigenvalue weighted by Crippen LogP contribution is -2.29. The van der Waals surface area contributed by atoms with Crippen molar-refractivity contribution in [3.63, 3.8) is 0 Å². The van der Waals surface area contributed by atoms with E-state index in [2.05, 4.69) is 18.7 Å². The van der Waals surface area contributed by atoms with E-state index >= 15 is 0 Å². The maximum absolute atomic E-state index is 5.75. The Hall–Kier alpha value is -1.13. The fourth-order valence-corrected chi connectivity index (χ4v) is 1.97. The number of hydrogen-bond donors (Lipinski definition) is 1. The SMILES string of the molecule is CCCCN(CC)CCOc1cccc(C(N)=S)c1. The normalized spacial score (nSPS) is 10.7. The molecule has 0 aliphatic heterocycles. The number of nitrogens with two attached hydrogens (primary N) is 1. The molecule has 0 unspecified atom stereocenters. The summed E-state index contributed by atoms with van der Waals surface area (Å²) in [4.78, 5) is 2.81. The van der Waals surface area contributed by atoms with Crippen molar-refractivity contribution in [3.8, 4) is 5.75 Å². The Morgan fingerprint density at radius 3 is 2.74 bits per heavy atom. The number of nitrogens with zero attached hydrogens (tertiary/aromatic N) is 1. The molecule has 106 valence electrons. The molecule has 0 atom stereocenters. The van der Waals surface area contributed by atoms with Crippen LogP contribution in [0.15, 0.2) is 24.3 Å². The topological polar surface area (TPSA) is 38.5 Å². The van der Waals surface area contributed by atoms with Crippen LogP contribution in [0, 0.1) is 0 Å². The van der Waals surface area contributed by atoms with Crippen LogP contribution < -0.4 is 10.5 Å². The summed E-state index contributed by atoms with van der Waals surface area (Å²) in [5.74, 6) is 0.830. The molecule has 1 aromatic rings. The van der Waals surface area contributed by atoms with Crippen molar-refractivity contribution in [2.75, 3.05) is 26.2 Å². The summed E-state index contributed by atoms with van der Waals surface area (Å²) in [5.41, 5.74) is 6.46. The lowest BCUT2D eigenvalue weighted by Gasteiger charge is -2.20. The Bertz CT molecular complexity index is 395. The third kappa shape index (κ3) is 6.03. The van der Waals surface area contributed by atoms with E-state index in [0.717, 1.165) is 30.9 Å². The van der Waals surface area contributed by atoms with E-state index in [0.29, 0.717) is 11.6 Å². The van der Waals surface area contributed by atoms with Crippen LogP contribution in [0.1, 0.15) is 32.3 Å². The Labute approximate surface area is 121 Å². The summed E-state index contributed by atoms with van der Waals surface area (Å²) >= 11 is 4.96. The zero-order valence-corrected chi connectivity index (χ0v) is 12.7. The van der Waals surface area contributed by atoms with E-state index in [1.165, 1.54) is 12.8 Å². The van der Waals surface area contributed by atoms with Gasteiger partial charge in [0.2, 0.25) is 0 Å². The summed E-state index contributed by atoms with van der Waals surface area (Å²) in [6, 6.07) is 7.64. The standard InChI is InChI=1S/C15H24N2OS/c1-3-5-9-17(4-2)10-11-18-14-8-6-7-13(12-14)15(16)19/h6-8,12H,3-5,9-11H2,1-2H3,(H2,16,19). The summed E-state index contributed by atoms with van der Waals surface area (Å²) < 4.78 is 5.75. The van der Waals surface area contributed by atoms with E-state index in [1.54, 1.807) is 0 Å². The second-order valence-corrected chi connectivity index (χ2v) is 4.97. The van der Waals surface area contributed by atoms with Crippen LogP contribution in [0.4, 0.5) is 0 Å². The van der Waals surface area contributed by atoms with Gasteiger partial charge in [-0.05, 0) is 31.6 Å². The molecule has 0 aliphatic rings. The first kappa shape index (κ1) is 15.9. The molecule has 0 fully saturated rings. The second kappa shape index (κ2) is 8.88. The molecule has 0 aromatic heterocycles. The van der Waals surface area contributed by atoms with Gasteiger partial charge in [0.1, 0.15) is 17.3 Å². The molecule has 0 bridgehead atoms. The average molecular weight is 280 g/mol. The summed E-state index contributed by atoms with van der Waals surface area (Å²) in [5, 5.41) is 0. The molecule has 3 nitrogen and oxygen atoms in total.